The molecule has 1 aliphatic heterocycles. The molecule has 3 aromatic rings. The summed E-state index contributed by atoms with van der Waals surface area (Å²) in [5, 5.41) is 8.47. The van der Waals surface area contributed by atoms with Gasteiger partial charge in [-0.2, -0.15) is 5.10 Å². The monoisotopic (exact) mass is 465 g/mol. The van der Waals surface area contributed by atoms with Gasteiger partial charge in [-0.3, -0.25) is 14.6 Å². The van der Waals surface area contributed by atoms with Gasteiger partial charge in [0.2, 0.25) is 5.91 Å². The summed E-state index contributed by atoms with van der Waals surface area (Å²) in [4.78, 5) is 31.2. The third-order valence-electron chi connectivity index (χ3n) is 6.25. The number of nitrogens with zero attached hydrogens (tertiary/aromatic N) is 4. The third-order valence-corrected chi connectivity index (χ3v) is 6.66. The first kappa shape index (κ1) is 23.0. The van der Waals surface area contributed by atoms with Crippen LogP contribution < -0.4 is 5.32 Å². The van der Waals surface area contributed by atoms with E-state index in [-0.39, 0.29) is 24.3 Å². The summed E-state index contributed by atoms with van der Waals surface area (Å²) in [7, 11) is 0. The van der Waals surface area contributed by atoms with Gasteiger partial charge >= 0.3 is 0 Å². The molecule has 2 aromatic heterocycles. The fraction of sp³-hybridized carbons (Fsp3) is 0.360. The fourth-order valence-electron chi connectivity index (χ4n) is 4.24. The zero-order valence-electron chi connectivity index (χ0n) is 19.1. The van der Waals surface area contributed by atoms with Crippen molar-refractivity contribution < 1.29 is 9.59 Å². The molecule has 0 bridgehead atoms. The number of nitrogens with one attached hydrogen (secondary N) is 1. The van der Waals surface area contributed by atoms with E-state index in [1.54, 1.807) is 24.5 Å². The Bertz CT molecular complexity index is 1170. The van der Waals surface area contributed by atoms with E-state index in [1.165, 1.54) is 0 Å². The van der Waals surface area contributed by atoms with E-state index in [0.29, 0.717) is 23.7 Å². The second-order valence-electron chi connectivity index (χ2n) is 8.54. The van der Waals surface area contributed by atoms with Gasteiger partial charge in [-0.15, -0.1) is 0 Å². The number of carbonyl (C=O) groups excluding carboxylic acids is 2. The average Bonchev–Trinajstić information content (AvgIpc) is 3.09. The summed E-state index contributed by atoms with van der Waals surface area (Å²) in [5.41, 5.74) is 5.22. The number of hydrogen-bond acceptors (Lipinski definition) is 4. The summed E-state index contributed by atoms with van der Waals surface area (Å²) in [6, 6.07) is 9.35. The van der Waals surface area contributed by atoms with Crippen LogP contribution in [0.15, 0.2) is 42.7 Å². The molecule has 1 saturated heterocycles. The predicted octanol–water partition coefficient (Wildman–Crippen LogP) is 3.81. The molecule has 0 saturated carbocycles. The zero-order valence-corrected chi connectivity index (χ0v) is 19.9. The van der Waals surface area contributed by atoms with E-state index in [1.807, 2.05) is 48.6 Å². The number of rotatable bonds is 5. The van der Waals surface area contributed by atoms with Gasteiger partial charge in [-0.1, -0.05) is 17.7 Å². The second kappa shape index (κ2) is 9.75. The quantitative estimate of drug-likeness (QED) is 0.621. The molecule has 1 aromatic carbocycles. The summed E-state index contributed by atoms with van der Waals surface area (Å²) in [6.45, 7) is 7.10. The number of benzene rings is 1. The van der Waals surface area contributed by atoms with Crippen molar-refractivity contribution in [2.75, 3.05) is 13.1 Å². The van der Waals surface area contributed by atoms with Crippen molar-refractivity contribution in [2.24, 2.45) is 0 Å². The molecule has 0 atom stereocenters. The van der Waals surface area contributed by atoms with Gasteiger partial charge in [-0.25, -0.2) is 4.68 Å². The zero-order chi connectivity index (χ0) is 23.5. The molecule has 0 radical (unpaired) electrons. The fourth-order valence-corrected chi connectivity index (χ4v) is 4.41. The first-order valence-electron chi connectivity index (χ1n) is 11.1. The van der Waals surface area contributed by atoms with E-state index in [4.69, 9.17) is 11.6 Å². The first-order chi connectivity index (χ1) is 15.8. The summed E-state index contributed by atoms with van der Waals surface area (Å²) >= 11 is 6.29. The van der Waals surface area contributed by atoms with Crippen LogP contribution in [0.1, 0.15) is 45.7 Å². The molecule has 3 heterocycles. The van der Waals surface area contributed by atoms with Gasteiger partial charge in [0.05, 0.1) is 17.8 Å². The highest BCUT2D eigenvalue weighted by Gasteiger charge is 2.25. The van der Waals surface area contributed by atoms with Gasteiger partial charge < -0.3 is 10.2 Å². The van der Waals surface area contributed by atoms with Gasteiger partial charge in [0.1, 0.15) is 0 Å². The molecule has 1 fully saturated rings. The number of aromatic nitrogens is 3. The topological polar surface area (TPSA) is 80.1 Å². The lowest BCUT2D eigenvalue weighted by Crippen LogP contribution is -2.46. The van der Waals surface area contributed by atoms with Gasteiger partial charge in [0, 0.05) is 53.4 Å². The lowest BCUT2D eigenvalue weighted by molar-refractivity contribution is -0.121. The highest BCUT2D eigenvalue weighted by Crippen LogP contribution is 2.23. The summed E-state index contributed by atoms with van der Waals surface area (Å²) < 4.78 is 1.84. The number of aryl methyl sites for hydroxylation is 2. The van der Waals surface area contributed by atoms with E-state index in [2.05, 4.69) is 15.4 Å². The molecule has 0 unspecified atom stereocenters. The number of piperidine rings is 1. The number of amides is 2. The molecule has 0 spiro atoms. The molecule has 4 rings (SSSR count). The van der Waals surface area contributed by atoms with Crippen LogP contribution in [0.5, 0.6) is 0 Å². The second-order valence-corrected chi connectivity index (χ2v) is 8.95. The Morgan fingerprint density at radius 1 is 1.09 bits per heavy atom. The molecule has 1 N–H and O–H groups in total. The summed E-state index contributed by atoms with van der Waals surface area (Å²) in [6.07, 6.45) is 5.00. The smallest absolute Gasteiger partial charge is 0.253 e. The van der Waals surface area contributed by atoms with Crippen LogP contribution in [0.2, 0.25) is 5.02 Å². The molecule has 8 heteroatoms. The highest BCUT2D eigenvalue weighted by molar-refractivity contribution is 6.31. The number of hydrogen-bond donors (Lipinski definition) is 1. The Labute approximate surface area is 198 Å². The lowest BCUT2D eigenvalue weighted by Gasteiger charge is -2.32. The molecular weight excluding hydrogens is 438 g/mol. The van der Waals surface area contributed by atoms with E-state index >= 15 is 0 Å². The maximum absolute atomic E-state index is 12.8. The third kappa shape index (κ3) is 5.09. The molecule has 33 heavy (non-hydrogen) atoms. The largest absolute Gasteiger partial charge is 0.353 e. The van der Waals surface area contributed by atoms with Crippen LogP contribution in [0.3, 0.4) is 0 Å². The maximum atomic E-state index is 12.8. The van der Waals surface area contributed by atoms with E-state index < -0.39 is 0 Å². The standard InChI is InChI=1S/C25H28ClN5O2/c1-16-4-5-21(14-23(16)26)31-18(3)22(17(2)29-31)15-24(32)28-20-8-12-30(13-9-20)25(33)19-6-10-27-11-7-19/h4-7,10-11,14,20H,8-9,12-13,15H2,1-3H3,(H,28,32). The van der Waals surface area contributed by atoms with Crippen molar-refractivity contribution in [1.29, 1.82) is 0 Å². The lowest BCUT2D eigenvalue weighted by atomic mass is 10.0. The number of pyridine rings is 1. The van der Waals surface area contributed by atoms with E-state index in [9.17, 15) is 9.59 Å². The van der Waals surface area contributed by atoms with Crippen LogP contribution in [-0.4, -0.2) is 50.6 Å². The molecular formula is C25H28ClN5O2. The Hall–Kier alpha value is -3.19. The Morgan fingerprint density at radius 3 is 2.45 bits per heavy atom. The number of carbonyl (C=O) groups is 2. The normalized spacial score (nSPS) is 14.4. The van der Waals surface area contributed by atoms with Crippen LogP contribution in [0, 0.1) is 20.8 Å². The van der Waals surface area contributed by atoms with Crippen molar-refractivity contribution in [3.63, 3.8) is 0 Å². The average molecular weight is 466 g/mol. The van der Waals surface area contributed by atoms with Crippen molar-refractivity contribution in [1.82, 2.24) is 25.0 Å². The van der Waals surface area contributed by atoms with Crippen LogP contribution in [-0.2, 0) is 11.2 Å². The SMILES string of the molecule is Cc1ccc(-n2nc(C)c(CC(=O)NC3CCN(C(=O)c4ccncc4)CC3)c2C)cc1Cl. The van der Waals surface area contributed by atoms with E-state index in [0.717, 1.165) is 41.0 Å². The van der Waals surface area contributed by atoms with Crippen molar-refractivity contribution in [3.8, 4) is 5.69 Å². The van der Waals surface area contributed by atoms with Crippen molar-refractivity contribution in [3.05, 3.63) is 75.8 Å². The Kier molecular flexibility index (Phi) is 6.79. The van der Waals surface area contributed by atoms with Gasteiger partial charge in [-0.05, 0) is 63.4 Å². The minimum Gasteiger partial charge on any atom is -0.353 e. The van der Waals surface area contributed by atoms with Crippen molar-refractivity contribution in [2.45, 2.75) is 46.1 Å². The highest BCUT2D eigenvalue weighted by atomic mass is 35.5. The minimum atomic E-state index is -0.0263. The summed E-state index contributed by atoms with van der Waals surface area (Å²) in [5.74, 6) is -0.0151. The van der Waals surface area contributed by atoms with Crippen molar-refractivity contribution >= 4 is 23.4 Å². The van der Waals surface area contributed by atoms with Crippen LogP contribution in [0.25, 0.3) is 5.69 Å². The Morgan fingerprint density at radius 2 is 1.79 bits per heavy atom. The Balaban J connectivity index is 1.35. The van der Waals surface area contributed by atoms with Gasteiger partial charge in [0.25, 0.3) is 5.91 Å². The van der Waals surface area contributed by atoms with Crippen LogP contribution in [0.4, 0.5) is 0 Å². The molecule has 172 valence electrons. The number of likely N-dealkylation sites (tertiary alicyclic amines) is 1. The maximum Gasteiger partial charge on any atom is 0.253 e. The van der Waals surface area contributed by atoms with Gasteiger partial charge in [0.15, 0.2) is 0 Å². The minimum absolute atomic E-state index is 0.0112. The first-order valence-corrected chi connectivity index (χ1v) is 11.5. The molecule has 0 aliphatic carbocycles. The predicted molar refractivity (Wildman–Crippen MR) is 128 cm³/mol. The molecule has 2 amide bonds. The van der Waals surface area contributed by atoms with Crippen LogP contribution >= 0.6 is 11.6 Å². The molecule has 1 aliphatic rings. The number of halogens is 1. The molecule has 7 nitrogen and oxygen atoms in total.